The molecule has 0 saturated heterocycles. The van der Waals surface area contributed by atoms with Crippen LogP contribution in [-0.2, 0) is 0 Å². The minimum absolute atomic E-state index is 0.124. The van der Waals surface area contributed by atoms with E-state index >= 15 is 0 Å². The molecule has 7 nitrogen and oxygen atoms in total. The number of hydrogen-bond acceptors (Lipinski definition) is 6. The van der Waals surface area contributed by atoms with Crippen molar-refractivity contribution in [3.63, 3.8) is 0 Å². The molecule has 0 aliphatic carbocycles. The van der Waals surface area contributed by atoms with Crippen LogP contribution in [0.25, 0.3) is 22.6 Å². The molecule has 9 heteroatoms. The minimum atomic E-state index is -0.447. The number of aromatic nitrogens is 1. The average Bonchev–Trinajstić information content (AvgIpc) is 3.22. The van der Waals surface area contributed by atoms with Gasteiger partial charge in [0.1, 0.15) is 22.6 Å². The zero-order chi connectivity index (χ0) is 22.7. The molecule has 0 aliphatic heterocycles. The summed E-state index contributed by atoms with van der Waals surface area (Å²) in [4.78, 5) is 17.3. The molecule has 0 saturated carbocycles. The lowest BCUT2D eigenvalue weighted by molar-refractivity contribution is 0.0971. The van der Waals surface area contributed by atoms with Gasteiger partial charge in [0.15, 0.2) is 10.7 Å². The number of anilines is 1. The van der Waals surface area contributed by atoms with Crippen LogP contribution in [0.5, 0.6) is 11.5 Å². The predicted molar refractivity (Wildman–Crippen MR) is 130 cm³/mol. The van der Waals surface area contributed by atoms with Crippen LogP contribution < -0.4 is 20.1 Å². The number of amides is 1. The first-order valence-corrected chi connectivity index (χ1v) is 10.7. The van der Waals surface area contributed by atoms with Crippen molar-refractivity contribution in [3.05, 3.63) is 70.7 Å². The largest absolute Gasteiger partial charge is 0.496 e. The van der Waals surface area contributed by atoms with Gasteiger partial charge in [-0.3, -0.25) is 10.1 Å². The van der Waals surface area contributed by atoms with Crippen LogP contribution >= 0.6 is 28.1 Å². The fourth-order valence-corrected chi connectivity index (χ4v) is 3.60. The van der Waals surface area contributed by atoms with E-state index < -0.39 is 5.91 Å². The van der Waals surface area contributed by atoms with Crippen molar-refractivity contribution in [2.75, 3.05) is 19.5 Å². The number of oxazole rings is 1. The number of benzene rings is 3. The van der Waals surface area contributed by atoms with E-state index in [1.807, 2.05) is 24.3 Å². The first-order chi connectivity index (χ1) is 15.5. The van der Waals surface area contributed by atoms with Gasteiger partial charge in [-0.2, -0.15) is 0 Å². The summed E-state index contributed by atoms with van der Waals surface area (Å²) in [7, 11) is 2.97. The third-order valence-corrected chi connectivity index (χ3v) is 5.35. The molecule has 4 rings (SSSR count). The lowest BCUT2D eigenvalue weighted by atomic mass is 10.1. The summed E-state index contributed by atoms with van der Waals surface area (Å²) in [5, 5.41) is 5.77. The van der Waals surface area contributed by atoms with Gasteiger partial charge >= 0.3 is 0 Å². The van der Waals surface area contributed by atoms with Gasteiger partial charge in [-0.15, -0.1) is 0 Å². The molecule has 0 atom stereocenters. The molecule has 0 fully saturated rings. The topological polar surface area (TPSA) is 85.6 Å². The lowest BCUT2D eigenvalue weighted by Gasteiger charge is -2.14. The molecule has 32 heavy (non-hydrogen) atoms. The van der Waals surface area contributed by atoms with E-state index in [0.717, 1.165) is 10.0 Å². The molecular weight excluding hydrogens is 494 g/mol. The van der Waals surface area contributed by atoms with Crippen molar-refractivity contribution in [2.24, 2.45) is 0 Å². The number of fused-ring (bicyclic) bond motifs is 1. The highest BCUT2D eigenvalue weighted by atomic mass is 79.9. The molecule has 162 valence electrons. The average molecular weight is 512 g/mol. The Labute approximate surface area is 197 Å². The number of methoxy groups -OCH3 is 2. The van der Waals surface area contributed by atoms with E-state index in [9.17, 15) is 4.79 Å². The van der Waals surface area contributed by atoms with Crippen molar-refractivity contribution >= 4 is 56.0 Å². The molecule has 0 aliphatic rings. The standard InChI is InChI=1S/C23H18BrN3O4S/c1-29-18-4-3-5-19(30-2)20(18)21(28)27-23(32)25-15-10-11-17-16(12-15)26-22(31-17)13-6-8-14(24)9-7-13/h3-12H,1-2H3,(H2,25,27,28,32). The van der Waals surface area contributed by atoms with Crippen LogP contribution in [0.15, 0.2) is 69.6 Å². The number of thiocarbonyl (C=S) groups is 1. The van der Waals surface area contributed by atoms with E-state index in [2.05, 4.69) is 31.5 Å². The highest BCUT2D eigenvalue weighted by Crippen LogP contribution is 2.29. The number of nitrogens with zero attached hydrogens (tertiary/aromatic N) is 1. The molecule has 2 N–H and O–H groups in total. The maximum absolute atomic E-state index is 12.8. The smallest absolute Gasteiger partial charge is 0.264 e. The van der Waals surface area contributed by atoms with Gasteiger partial charge in [-0.1, -0.05) is 22.0 Å². The molecule has 0 unspecified atom stereocenters. The molecular formula is C23H18BrN3O4S. The number of halogens is 1. The quantitative estimate of drug-likeness (QED) is 0.347. The second kappa shape index (κ2) is 9.37. The van der Waals surface area contributed by atoms with Gasteiger partial charge in [0, 0.05) is 15.7 Å². The molecule has 0 bridgehead atoms. The number of hydrogen-bond donors (Lipinski definition) is 2. The third-order valence-electron chi connectivity index (χ3n) is 4.62. The Hall–Kier alpha value is -3.43. The summed E-state index contributed by atoms with van der Waals surface area (Å²) >= 11 is 8.73. The minimum Gasteiger partial charge on any atom is -0.496 e. The maximum atomic E-state index is 12.8. The fourth-order valence-electron chi connectivity index (χ4n) is 3.12. The zero-order valence-corrected chi connectivity index (χ0v) is 19.5. The Morgan fingerprint density at radius 3 is 2.38 bits per heavy atom. The Morgan fingerprint density at radius 1 is 1.03 bits per heavy atom. The second-order valence-corrected chi connectivity index (χ2v) is 7.98. The van der Waals surface area contributed by atoms with Crippen LogP contribution in [0.2, 0.25) is 0 Å². The van der Waals surface area contributed by atoms with Crippen LogP contribution in [0.1, 0.15) is 10.4 Å². The van der Waals surface area contributed by atoms with Crippen molar-refractivity contribution in [1.82, 2.24) is 10.3 Å². The molecule has 4 aromatic rings. The Morgan fingerprint density at radius 2 is 1.72 bits per heavy atom. The van der Waals surface area contributed by atoms with Crippen LogP contribution in [-0.4, -0.2) is 30.2 Å². The van der Waals surface area contributed by atoms with E-state index in [4.69, 9.17) is 26.1 Å². The first kappa shape index (κ1) is 21.8. The molecule has 1 heterocycles. The van der Waals surface area contributed by atoms with Gasteiger partial charge < -0.3 is 19.2 Å². The van der Waals surface area contributed by atoms with Gasteiger partial charge in [-0.25, -0.2) is 4.98 Å². The Balaban J connectivity index is 1.50. The molecule has 1 aromatic heterocycles. The highest BCUT2D eigenvalue weighted by Gasteiger charge is 2.19. The van der Waals surface area contributed by atoms with Gasteiger partial charge in [0.2, 0.25) is 5.89 Å². The summed E-state index contributed by atoms with van der Waals surface area (Å²) in [6.07, 6.45) is 0. The van der Waals surface area contributed by atoms with Crippen LogP contribution in [0.4, 0.5) is 5.69 Å². The summed E-state index contributed by atoms with van der Waals surface area (Å²) in [6, 6.07) is 18.2. The number of rotatable bonds is 5. The number of carbonyl (C=O) groups is 1. The molecule has 1 amide bonds. The zero-order valence-electron chi connectivity index (χ0n) is 17.1. The Bertz CT molecular complexity index is 1280. The van der Waals surface area contributed by atoms with E-state index in [1.165, 1.54) is 14.2 Å². The fraction of sp³-hybridized carbons (Fsp3) is 0.0870. The van der Waals surface area contributed by atoms with Gasteiger partial charge in [0.05, 0.1) is 14.2 Å². The first-order valence-electron chi connectivity index (χ1n) is 9.48. The van der Waals surface area contributed by atoms with E-state index in [-0.39, 0.29) is 10.7 Å². The SMILES string of the molecule is COc1cccc(OC)c1C(=O)NC(=S)Nc1ccc2oc(-c3ccc(Br)cc3)nc2c1. The van der Waals surface area contributed by atoms with E-state index in [1.54, 1.807) is 36.4 Å². The van der Waals surface area contributed by atoms with Crippen molar-refractivity contribution in [2.45, 2.75) is 0 Å². The second-order valence-electron chi connectivity index (χ2n) is 6.65. The molecule has 3 aromatic carbocycles. The van der Waals surface area contributed by atoms with Crippen molar-refractivity contribution in [3.8, 4) is 23.0 Å². The summed E-state index contributed by atoms with van der Waals surface area (Å²) in [5.41, 5.74) is 3.08. The lowest BCUT2D eigenvalue weighted by Crippen LogP contribution is -2.34. The number of carbonyl (C=O) groups excluding carboxylic acids is 1. The van der Waals surface area contributed by atoms with Gasteiger partial charge in [-0.05, 0) is 66.8 Å². The van der Waals surface area contributed by atoms with Crippen molar-refractivity contribution < 1.29 is 18.7 Å². The molecule has 0 spiro atoms. The van der Waals surface area contributed by atoms with E-state index in [0.29, 0.717) is 34.2 Å². The van der Waals surface area contributed by atoms with Crippen LogP contribution in [0, 0.1) is 0 Å². The summed E-state index contributed by atoms with van der Waals surface area (Å²) < 4.78 is 17.4. The number of ether oxygens (including phenoxy) is 2. The van der Waals surface area contributed by atoms with Gasteiger partial charge in [0.25, 0.3) is 5.91 Å². The normalized spacial score (nSPS) is 10.6. The maximum Gasteiger partial charge on any atom is 0.264 e. The van der Waals surface area contributed by atoms with Crippen molar-refractivity contribution in [1.29, 1.82) is 0 Å². The Kier molecular flexibility index (Phi) is 6.38. The molecule has 0 radical (unpaired) electrons. The predicted octanol–water partition coefficient (Wildman–Crippen LogP) is 5.40. The monoisotopic (exact) mass is 511 g/mol. The number of nitrogens with one attached hydrogen (secondary N) is 2. The summed E-state index contributed by atoms with van der Waals surface area (Å²) in [5.74, 6) is 0.837. The summed E-state index contributed by atoms with van der Waals surface area (Å²) in [6.45, 7) is 0. The van der Waals surface area contributed by atoms with Crippen LogP contribution in [0.3, 0.4) is 0 Å². The highest BCUT2D eigenvalue weighted by molar-refractivity contribution is 9.10. The third kappa shape index (κ3) is 4.58.